The number of rotatable bonds is 4. The van der Waals surface area contributed by atoms with E-state index < -0.39 is 0 Å². The van der Waals surface area contributed by atoms with Crippen LogP contribution < -0.4 is 0 Å². The highest BCUT2D eigenvalue weighted by atomic mass is 15.1. The van der Waals surface area contributed by atoms with Gasteiger partial charge in [0, 0.05) is 13.1 Å². The van der Waals surface area contributed by atoms with E-state index in [2.05, 4.69) is 74.4 Å². The smallest absolute Gasteiger partial charge is 0.0227 e. The number of fused-ring (bicyclic) bond motifs is 2. The van der Waals surface area contributed by atoms with E-state index in [0.29, 0.717) is 0 Å². The maximum absolute atomic E-state index is 2.39. The van der Waals surface area contributed by atoms with E-state index >= 15 is 0 Å². The molecule has 2 nitrogen and oxygen atoms in total. The molecule has 1 aliphatic carbocycles. The minimum Gasteiger partial charge on any atom is -0.305 e. The highest BCUT2D eigenvalue weighted by molar-refractivity contribution is 5.47. The van der Waals surface area contributed by atoms with Crippen molar-refractivity contribution in [1.29, 1.82) is 0 Å². The van der Waals surface area contributed by atoms with Gasteiger partial charge in [0.1, 0.15) is 0 Å². The Bertz CT molecular complexity index is 612. The Kier molecular flexibility index (Phi) is 4.32. The molecule has 0 bridgehead atoms. The first-order valence-electron chi connectivity index (χ1n) is 8.02. The van der Waals surface area contributed by atoms with Gasteiger partial charge < -0.3 is 9.80 Å². The summed E-state index contributed by atoms with van der Waals surface area (Å²) >= 11 is 0. The molecule has 0 saturated heterocycles. The van der Waals surface area contributed by atoms with Crippen LogP contribution in [0.1, 0.15) is 33.4 Å². The van der Waals surface area contributed by atoms with Crippen molar-refractivity contribution in [3.63, 3.8) is 0 Å². The Labute approximate surface area is 134 Å². The summed E-state index contributed by atoms with van der Waals surface area (Å²) in [6, 6.07) is 14.0. The van der Waals surface area contributed by atoms with Crippen molar-refractivity contribution < 1.29 is 0 Å². The van der Waals surface area contributed by atoms with Gasteiger partial charge in [0.2, 0.25) is 0 Å². The van der Waals surface area contributed by atoms with Crippen molar-refractivity contribution in [1.82, 2.24) is 9.80 Å². The highest BCUT2D eigenvalue weighted by Crippen LogP contribution is 2.29. The van der Waals surface area contributed by atoms with Gasteiger partial charge in [0.15, 0.2) is 0 Å². The Morgan fingerprint density at radius 3 is 1.41 bits per heavy atom. The predicted molar refractivity (Wildman–Crippen MR) is 93.3 cm³/mol. The van der Waals surface area contributed by atoms with Gasteiger partial charge in [-0.1, -0.05) is 36.4 Å². The van der Waals surface area contributed by atoms with Crippen LogP contribution in [-0.2, 0) is 25.9 Å². The van der Waals surface area contributed by atoms with E-state index in [-0.39, 0.29) is 0 Å². The quantitative estimate of drug-likeness (QED) is 0.728. The molecule has 2 aromatic carbocycles. The maximum atomic E-state index is 2.39. The lowest BCUT2D eigenvalue weighted by Crippen LogP contribution is -2.14. The summed E-state index contributed by atoms with van der Waals surface area (Å²) in [5, 5.41) is 0. The van der Waals surface area contributed by atoms with Gasteiger partial charge in [0.05, 0.1) is 0 Å². The molecular formula is C20H26N2. The van der Waals surface area contributed by atoms with Crippen LogP contribution >= 0.6 is 0 Å². The molecule has 0 aromatic heterocycles. The molecule has 0 atom stereocenters. The molecule has 22 heavy (non-hydrogen) atoms. The zero-order valence-corrected chi connectivity index (χ0v) is 14.2. The number of hydrogen-bond acceptors (Lipinski definition) is 2. The minimum atomic E-state index is 1.02. The third-order valence-corrected chi connectivity index (χ3v) is 4.30. The highest BCUT2D eigenvalue weighted by Gasteiger charge is 2.16. The van der Waals surface area contributed by atoms with Crippen molar-refractivity contribution in [2.75, 3.05) is 28.2 Å². The van der Waals surface area contributed by atoms with E-state index in [9.17, 15) is 0 Å². The normalized spacial score (nSPS) is 13.4. The summed E-state index contributed by atoms with van der Waals surface area (Å²) in [6.45, 7) is 2.03. The average Bonchev–Trinajstić information content (AvgIpc) is 2.44. The number of hydrogen-bond donors (Lipinski definition) is 0. The fourth-order valence-corrected chi connectivity index (χ4v) is 3.37. The van der Waals surface area contributed by atoms with Crippen LogP contribution in [0.5, 0.6) is 0 Å². The van der Waals surface area contributed by atoms with E-state index in [1.54, 1.807) is 0 Å². The third kappa shape index (κ3) is 3.40. The van der Waals surface area contributed by atoms with Gasteiger partial charge in [0.25, 0.3) is 0 Å². The van der Waals surface area contributed by atoms with Crippen molar-refractivity contribution in [3.05, 3.63) is 69.8 Å². The monoisotopic (exact) mass is 294 g/mol. The van der Waals surface area contributed by atoms with Crippen LogP contribution in [0, 0.1) is 0 Å². The molecule has 0 amide bonds. The van der Waals surface area contributed by atoms with Crippen LogP contribution in [0.4, 0.5) is 0 Å². The van der Waals surface area contributed by atoms with Gasteiger partial charge >= 0.3 is 0 Å². The molecule has 0 radical (unpaired) electrons. The van der Waals surface area contributed by atoms with E-state index in [0.717, 1.165) is 25.9 Å². The first-order valence-corrected chi connectivity index (χ1v) is 8.02. The summed E-state index contributed by atoms with van der Waals surface area (Å²) < 4.78 is 0. The summed E-state index contributed by atoms with van der Waals surface area (Å²) in [5.74, 6) is 0. The zero-order chi connectivity index (χ0) is 15.7. The molecule has 3 rings (SSSR count). The molecule has 0 saturated carbocycles. The van der Waals surface area contributed by atoms with Crippen molar-refractivity contribution in [2.45, 2.75) is 25.9 Å². The second kappa shape index (κ2) is 6.23. The lowest BCUT2D eigenvalue weighted by molar-refractivity contribution is 0.402. The number of benzene rings is 2. The predicted octanol–water partition coefficient (Wildman–Crippen LogP) is 3.30. The van der Waals surface area contributed by atoms with Gasteiger partial charge in [-0.05, 0) is 74.4 Å². The lowest BCUT2D eigenvalue weighted by atomic mass is 9.84. The summed E-state index contributed by atoms with van der Waals surface area (Å²) in [5.41, 5.74) is 8.83. The number of nitrogens with zero attached hydrogens (tertiary/aromatic N) is 2. The van der Waals surface area contributed by atoms with Crippen LogP contribution in [0.25, 0.3) is 0 Å². The second-order valence-electron chi connectivity index (χ2n) is 7.04. The topological polar surface area (TPSA) is 6.48 Å². The van der Waals surface area contributed by atoms with E-state index in [1.807, 2.05) is 0 Å². The minimum absolute atomic E-state index is 1.02. The lowest BCUT2D eigenvalue weighted by Gasteiger charge is -2.22. The molecular weight excluding hydrogens is 268 g/mol. The van der Waals surface area contributed by atoms with Crippen LogP contribution in [0.15, 0.2) is 36.4 Å². The van der Waals surface area contributed by atoms with Gasteiger partial charge in [-0.2, -0.15) is 0 Å². The Hall–Kier alpha value is -1.64. The molecule has 116 valence electrons. The fourth-order valence-electron chi connectivity index (χ4n) is 3.37. The molecule has 0 aliphatic heterocycles. The molecule has 0 fully saturated rings. The molecule has 1 aliphatic rings. The zero-order valence-electron chi connectivity index (χ0n) is 14.2. The van der Waals surface area contributed by atoms with E-state index in [4.69, 9.17) is 0 Å². The van der Waals surface area contributed by atoms with Crippen LogP contribution in [-0.4, -0.2) is 38.0 Å². The largest absolute Gasteiger partial charge is 0.305 e. The summed E-state index contributed by atoms with van der Waals surface area (Å²) in [4.78, 5) is 4.46. The fraction of sp³-hybridized carbons (Fsp3) is 0.400. The van der Waals surface area contributed by atoms with Gasteiger partial charge in [-0.25, -0.2) is 0 Å². The van der Waals surface area contributed by atoms with Gasteiger partial charge in [-0.3, -0.25) is 0 Å². The molecule has 0 heterocycles. The van der Waals surface area contributed by atoms with Crippen molar-refractivity contribution in [3.8, 4) is 0 Å². The summed E-state index contributed by atoms with van der Waals surface area (Å²) in [6.07, 6.45) is 2.16. The first kappa shape index (κ1) is 15.3. The third-order valence-electron chi connectivity index (χ3n) is 4.30. The van der Waals surface area contributed by atoms with Crippen molar-refractivity contribution >= 4 is 0 Å². The van der Waals surface area contributed by atoms with Crippen LogP contribution in [0.2, 0.25) is 0 Å². The first-order chi connectivity index (χ1) is 10.5. The second-order valence-corrected chi connectivity index (χ2v) is 7.04. The Morgan fingerprint density at radius 2 is 1.05 bits per heavy atom. The average molecular weight is 294 g/mol. The van der Waals surface area contributed by atoms with Crippen LogP contribution in [0.3, 0.4) is 0 Å². The molecule has 2 heteroatoms. The molecule has 0 unspecified atom stereocenters. The van der Waals surface area contributed by atoms with Crippen molar-refractivity contribution in [2.24, 2.45) is 0 Å². The van der Waals surface area contributed by atoms with Gasteiger partial charge in [-0.15, -0.1) is 0 Å². The molecule has 2 aromatic rings. The molecule has 0 spiro atoms. The standard InChI is InChI=1S/C20H26N2/c1-21(2)13-15-5-7-17-12-20-10-16(14-22(3)4)6-8-18(20)11-19(17)9-15/h5-10H,11-14H2,1-4H3. The van der Waals surface area contributed by atoms with E-state index in [1.165, 1.54) is 33.4 Å². The SMILES string of the molecule is CN(C)Cc1ccc2c(c1)Cc1ccc(CN(C)C)cc1C2. The maximum Gasteiger partial charge on any atom is 0.0227 e. The summed E-state index contributed by atoms with van der Waals surface area (Å²) in [7, 11) is 8.50. The molecule has 0 N–H and O–H groups in total. The Balaban J connectivity index is 1.85. The Morgan fingerprint density at radius 1 is 0.636 bits per heavy atom.